The number of H-pyrrole nitrogens is 1. The van der Waals surface area contributed by atoms with Crippen LogP contribution < -0.4 is 5.32 Å². The third-order valence-electron chi connectivity index (χ3n) is 6.25. The number of nitrogens with one attached hydrogen (secondary N) is 2. The van der Waals surface area contributed by atoms with E-state index in [0.717, 1.165) is 60.1 Å². The number of rotatable bonds is 4. The van der Waals surface area contributed by atoms with Crippen LogP contribution in [0.4, 0.5) is 5.82 Å². The smallest absolute Gasteiger partial charge is 0.137 e. The van der Waals surface area contributed by atoms with Crippen molar-refractivity contribution < 1.29 is 4.74 Å². The maximum Gasteiger partial charge on any atom is 0.137 e. The molecule has 1 saturated carbocycles. The fourth-order valence-electron chi connectivity index (χ4n) is 4.63. The number of hydrogen-bond acceptors (Lipinski definition) is 6. The molecule has 3 heterocycles. The number of ether oxygens (including phenoxy) is 1. The predicted octanol–water partition coefficient (Wildman–Crippen LogP) is 3.38. The van der Waals surface area contributed by atoms with E-state index in [4.69, 9.17) is 4.74 Å². The fourth-order valence-corrected chi connectivity index (χ4v) is 4.63. The van der Waals surface area contributed by atoms with Gasteiger partial charge in [-0.2, -0.15) is 0 Å². The van der Waals surface area contributed by atoms with Crippen LogP contribution in [0.15, 0.2) is 30.7 Å². The summed E-state index contributed by atoms with van der Waals surface area (Å²) in [4.78, 5) is 19.3. The van der Waals surface area contributed by atoms with Crippen LogP contribution in [0.3, 0.4) is 0 Å². The quantitative estimate of drug-likeness (QED) is 0.709. The monoisotopic (exact) mass is 392 g/mol. The second-order valence-electron chi connectivity index (χ2n) is 8.13. The summed E-state index contributed by atoms with van der Waals surface area (Å²) < 4.78 is 5.50. The first-order valence-corrected chi connectivity index (χ1v) is 10.6. The lowest BCUT2D eigenvalue weighted by molar-refractivity contribution is 0.00791. The van der Waals surface area contributed by atoms with E-state index in [1.54, 1.807) is 6.33 Å². The number of fused-ring (bicyclic) bond motifs is 1. The van der Waals surface area contributed by atoms with Gasteiger partial charge in [0.25, 0.3) is 0 Å². The minimum atomic E-state index is 0.462. The van der Waals surface area contributed by atoms with Crippen LogP contribution in [-0.4, -0.2) is 63.2 Å². The third kappa shape index (κ3) is 3.97. The Balaban J connectivity index is 1.31. The summed E-state index contributed by atoms with van der Waals surface area (Å²) in [7, 11) is 0. The molecule has 1 aliphatic carbocycles. The van der Waals surface area contributed by atoms with Gasteiger partial charge < -0.3 is 15.0 Å². The number of morpholine rings is 1. The van der Waals surface area contributed by atoms with Crippen molar-refractivity contribution in [2.75, 3.05) is 31.6 Å². The van der Waals surface area contributed by atoms with E-state index in [0.29, 0.717) is 12.1 Å². The number of aromatic nitrogens is 4. The third-order valence-corrected chi connectivity index (χ3v) is 6.25. The molecule has 1 aliphatic heterocycles. The minimum absolute atomic E-state index is 0.462. The molecule has 3 aromatic rings. The van der Waals surface area contributed by atoms with Gasteiger partial charge in [-0.15, -0.1) is 0 Å². The van der Waals surface area contributed by atoms with Gasteiger partial charge in [0.15, 0.2) is 0 Å². The molecule has 7 nitrogen and oxygen atoms in total. The molecule has 1 saturated heterocycles. The molecule has 29 heavy (non-hydrogen) atoms. The molecule has 0 amide bonds. The molecule has 0 bridgehead atoms. The highest BCUT2D eigenvalue weighted by Crippen LogP contribution is 2.30. The van der Waals surface area contributed by atoms with Gasteiger partial charge in [-0.05, 0) is 44.7 Å². The SMILES string of the molecule is Cc1ncc(-c2ccc3ncnc(NC4CCC(N5CCOCC5)CC4)c3c2)[nH]1. The molecule has 0 radical (unpaired) electrons. The van der Waals surface area contributed by atoms with E-state index in [1.807, 2.05) is 13.1 Å². The van der Waals surface area contributed by atoms with Gasteiger partial charge in [-0.3, -0.25) is 4.90 Å². The van der Waals surface area contributed by atoms with Gasteiger partial charge in [-0.25, -0.2) is 15.0 Å². The van der Waals surface area contributed by atoms with Gasteiger partial charge in [-0.1, -0.05) is 6.07 Å². The van der Waals surface area contributed by atoms with E-state index in [1.165, 1.54) is 25.7 Å². The highest BCUT2D eigenvalue weighted by Gasteiger charge is 2.27. The predicted molar refractivity (Wildman–Crippen MR) is 114 cm³/mol. The lowest BCUT2D eigenvalue weighted by Crippen LogP contribution is -2.46. The maximum atomic E-state index is 5.50. The van der Waals surface area contributed by atoms with Crippen molar-refractivity contribution in [1.82, 2.24) is 24.8 Å². The van der Waals surface area contributed by atoms with E-state index >= 15 is 0 Å². The molecular weight excluding hydrogens is 364 g/mol. The molecule has 7 heteroatoms. The Morgan fingerprint density at radius 2 is 1.90 bits per heavy atom. The Hall–Kier alpha value is -2.51. The number of hydrogen-bond donors (Lipinski definition) is 2. The van der Waals surface area contributed by atoms with Crippen molar-refractivity contribution in [3.8, 4) is 11.3 Å². The summed E-state index contributed by atoms with van der Waals surface area (Å²) in [5.74, 6) is 1.85. The standard InChI is InChI=1S/C22H28N6O/c1-15-23-13-21(26-15)16-2-7-20-19(12-16)22(25-14-24-20)27-17-3-5-18(6-4-17)28-8-10-29-11-9-28/h2,7,12-14,17-18H,3-6,8-11H2,1H3,(H,23,26)(H,24,25,27). The van der Waals surface area contributed by atoms with E-state index in [-0.39, 0.29) is 0 Å². The summed E-state index contributed by atoms with van der Waals surface area (Å²) in [5.41, 5.74) is 3.08. The fraction of sp³-hybridized carbons (Fsp3) is 0.500. The number of anilines is 1. The van der Waals surface area contributed by atoms with E-state index in [2.05, 4.69) is 48.4 Å². The lowest BCUT2D eigenvalue weighted by Gasteiger charge is -2.39. The molecule has 2 N–H and O–H groups in total. The normalized spacial score (nSPS) is 23.3. The van der Waals surface area contributed by atoms with Crippen LogP contribution in [0.25, 0.3) is 22.2 Å². The highest BCUT2D eigenvalue weighted by atomic mass is 16.5. The topological polar surface area (TPSA) is 79.0 Å². The second kappa shape index (κ2) is 8.08. The van der Waals surface area contributed by atoms with Crippen LogP contribution in [0.1, 0.15) is 31.5 Å². The van der Waals surface area contributed by atoms with Crippen molar-refractivity contribution in [2.45, 2.75) is 44.7 Å². The minimum Gasteiger partial charge on any atom is -0.379 e. The Morgan fingerprint density at radius 1 is 1.07 bits per heavy atom. The summed E-state index contributed by atoms with van der Waals surface area (Å²) in [5, 5.41) is 4.77. The number of nitrogens with zero attached hydrogens (tertiary/aromatic N) is 4. The average molecular weight is 393 g/mol. The largest absolute Gasteiger partial charge is 0.379 e. The summed E-state index contributed by atoms with van der Waals surface area (Å²) in [6.45, 7) is 5.88. The van der Waals surface area contributed by atoms with E-state index in [9.17, 15) is 0 Å². The first-order chi connectivity index (χ1) is 14.3. The van der Waals surface area contributed by atoms with Gasteiger partial charge in [0, 0.05) is 36.1 Å². The molecular formula is C22H28N6O. The van der Waals surface area contributed by atoms with Crippen molar-refractivity contribution in [3.63, 3.8) is 0 Å². The van der Waals surface area contributed by atoms with Crippen molar-refractivity contribution in [1.29, 1.82) is 0 Å². The van der Waals surface area contributed by atoms with Crippen LogP contribution in [0, 0.1) is 6.92 Å². The zero-order chi connectivity index (χ0) is 19.6. The van der Waals surface area contributed by atoms with Crippen LogP contribution in [0.5, 0.6) is 0 Å². The molecule has 2 aromatic heterocycles. The summed E-state index contributed by atoms with van der Waals surface area (Å²) in [6, 6.07) is 7.46. The molecule has 2 aliphatic rings. The van der Waals surface area contributed by atoms with Crippen LogP contribution in [0.2, 0.25) is 0 Å². The first kappa shape index (κ1) is 18.5. The first-order valence-electron chi connectivity index (χ1n) is 10.6. The summed E-state index contributed by atoms with van der Waals surface area (Å²) in [6.07, 6.45) is 8.35. The second-order valence-corrected chi connectivity index (χ2v) is 8.13. The number of imidazole rings is 1. The average Bonchev–Trinajstić information content (AvgIpc) is 3.21. The zero-order valence-corrected chi connectivity index (χ0v) is 16.9. The molecule has 0 spiro atoms. The van der Waals surface area contributed by atoms with Crippen molar-refractivity contribution in [3.05, 3.63) is 36.5 Å². The van der Waals surface area contributed by atoms with Crippen molar-refractivity contribution >= 4 is 16.7 Å². The highest BCUT2D eigenvalue weighted by molar-refractivity contribution is 5.92. The molecule has 0 atom stereocenters. The van der Waals surface area contributed by atoms with Crippen LogP contribution in [-0.2, 0) is 4.74 Å². The Kier molecular flexibility index (Phi) is 5.16. The zero-order valence-electron chi connectivity index (χ0n) is 16.9. The van der Waals surface area contributed by atoms with Crippen molar-refractivity contribution in [2.24, 2.45) is 0 Å². The summed E-state index contributed by atoms with van der Waals surface area (Å²) >= 11 is 0. The lowest BCUT2D eigenvalue weighted by atomic mass is 9.90. The van der Waals surface area contributed by atoms with Gasteiger partial charge in [0.05, 0.1) is 30.6 Å². The Morgan fingerprint density at radius 3 is 2.66 bits per heavy atom. The van der Waals surface area contributed by atoms with E-state index < -0.39 is 0 Å². The van der Waals surface area contributed by atoms with Crippen LogP contribution >= 0.6 is 0 Å². The number of benzene rings is 1. The number of aromatic amines is 1. The Bertz CT molecular complexity index is 972. The molecule has 0 unspecified atom stereocenters. The van der Waals surface area contributed by atoms with Gasteiger partial charge >= 0.3 is 0 Å². The van der Waals surface area contributed by atoms with Gasteiger partial charge in [0.1, 0.15) is 18.0 Å². The molecule has 1 aromatic carbocycles. The maximum absolute atomic E-state index is 5.50. The molecule has 152 valence electrons. The molecule has 2 fully saturated rings. The number of aryl methyl sites for hydroxylation is 1. The Labute approximate surface area is 170 Å². The van der Waals surface area contributed by atoms with Gasteiger partial charge in [0.2, 0.25) is 0 Å². The molecule has 5 rings (SSSR count).